The minimum absolute atomic E-state index is 0.0533. The lowest BCUT2D eigenvalue weighted by Gasteiger charge is -2.51. The third kappa shape index (κ3) is 4.75. The number of nitrogen functional groups attached to an aromatic ring is 1. The van der Waals surface area contributed by atoms with E-state index in [1.54, 1.807) is 0 Å². The Balaban J connectivity index is 1.39. The van der Waals surface area contributed by atoms with Gasteiger partial charge < -0.3 is 16.0 Å². The van der Waals surface area contributed by atoms with Gasteiger partial charge in [0.05, 0.1) is 24.5 Å². The van der Waals surface area contributed by atoms with Crippen molar-refractivity contribution >= 4 is 23.3 Å². The van der Waals surface area contributed by atoms with Crippen molar-refractivity contribution in [2.24, 2.45) is 0 Å². The number of carbonyl (C=O) groups is 2. The first-order valence-electron chi connectivity index (χ1n) is 12.9. The minimum atomic E-state index is -1.17. The molecular weight excluding hydrogens is 470 g/mol. The molecule has 36 heavy (non-hydrogen) atoms. The van der Waals surface area contributed by atoms with Crippen LogP contribution in [-0.2, 0) is 4.79 Å². The first-order valence-corrected chi connectivity index (χ1v) is 12.9. The summed E-state index contributed by atoms with van der Waals surface area (Å²) in [5.41, 5.74) is 6.21. The summed E-state index contributed by atoms with van der Waals surface area (Å²) in [6.45, 7) is 5.38. The van der Waals surface area contributed by atoms with Crippen LogP contribution in [0.25, 0.3) is 5.65 Å². The van der Waals surface area contributed by atoms with Gasteiger partial charge in [0.1, 0.15) is 11.7 Å². The second-order valence-corrected chi connectivity index (χ2v) is 10.1. The largest absolute Gasteiger partial charge is 0.381 e. The third-order valence-electron chi connectivity index (χ3n) is 7.69. The molecule has 0 bridgehead atoms. The van der Waals surface area contributed by atoms with Crippen LogP contribution < -0.4 is 11.1 Å². The number of unbranched alkanes of at least 4 members (excludes halogenated alkanes) is 1. The molecule has 0 radical (unpaired) electrons. The number of hydrogen-bond acceptors (Lipinski definition) is 7. The summed E-state index contributed by atoms with van der Waals surface area (Å²) in [5, 5.41) is 7.04. The summed E-state index contributed by atoms with van der Waals surface area (Å²) in [6.07, 6.45) is 5.22. The van der Waals surface area contributed by atoms with Crippen LogP contribution in [0.5, 0.6) is 0 Å². The Morgan fingerprint density at radius 1 is 1.28 bits per heavy atom. The molecule has 0 aromatic carbocycles. The fraction of sp³-hybridized carbons (Fsp3) is 0.667. The van der Waals surface area contributed by atoms with Gasteiger partial charge >= 0.3 is 0 Å². The lowest BCUT2D eigenvalue weighted by molar-refractivity contribution is -0.141. The highest BCUT2D eigenvalue weighted by atomic mass is 19.1. The molecule has 3 saturated heterocycles. The van der Waals surface area contributed by atoms with E-state index < -0.39 is 30.0 Å². The van der Waals surface area contributed by atoms with Crippen LogP contribution in [0.4, 0.5) is 14.6 Å². The van der Waals surface area contributed by atoms with E-state index in [2.05, 4.69) is 32.1 Å². The average Bonchev–Trinajstić information content (AvgIpc) is 3.17. The quantitative estimate of drug-likeness (QED) is 0.605. The molecule has 4 atom stereocenters. The Kier molecular flexibility index (Phi) is 7.07. The lowest BCUT2D eigenvalue weighted by Crippen LogP contribution is -2.69. The molecule has 10 nitrogen and oxygen atoms in total. The van der Waals surface area contributed by atoms with Gasteiger partial charge in [-0.05, 0) is 25.8 Å². The van der Waals surface area contributed by atoms with Gasteiger partial charge in [-0.1, -0.05) is 13.3 Å². The Hall–Kier alpha value is -2.86. The van der Waals surface area contributed by atoms with Crippen molar-refractivity contribution in [3.63, 3.8) is 0 Å². The fourth-order valence-electron chi connectivity index (χ4n) is 5.99. The number of amides is 2. The number of hydrogen-bond donors (Lipinski definition) is 2. The molecular formula is C24H34F2N8O2. The predicted molar refractivity (Wildman–Crippen MR) is 130 cm³/mol. The number of piperidine rings is 2. The highest BCUT2D eigenvalue weighted by Crippen LogP contribution is 2.28. The van der Waals surface area contributed by atoms with Gasteiger partial charge in [-0.25, -0.2) is 18.3 Å². The van der Waals surface area contributed by atoms with Crippen LogP contribution >= 0.6 is 0 Å². The molecule has 3 N–H and O–H groups in total. The van der Waals surface area contributed by atoms with Crippen LogP contribution in [0, 0.1) is 5.82 Å². The molecule has 2 amide bonds. The molecule has 12 heteroatoms. The van der Waals surface area contributed by atoms with E-state index >= 15 is 4.39 Å². The number of aromatic nitrogens is 3. The number of carbonyl (C=O) groups excluding carboxylic acids is 2. The summed E-state index contributed by atoms with van der Waals surface area (Å²) < 4.78 is 30.6. The van der Waals surface area contributed by atoms with Crippen molar-refractivity contribution in [3.05, 3.63) is 23.8 Å². The molecule has 5 heterocycles. The summed E-state index contributed by atoms with van der Waals surface area (Å²) in [5.74, 6) is -0.995. The monoisotopic (exact) mass is 504 g/mol. The van der Waals surface area contributed by atoms with Crippen molar-refractivity contribution in [1.82, 2.24) is 34.6 Å². The maximum absolute atomic E-state index is 15.8. The van der Waals surface area contributed by atoms with Crippen LogP contribution in [-0.4, -0.2) is 105 Å². The topological polar surface area (TPSA) is 112 Å². The van der Waals surface area contributed by atoms with E-state index in [0.29, 0.717) is 39.1 Å². The Labute approximate surface area is 208 Å². The SMILES string of the molecule is CCCCN1CC(F)C(N2CCN3C(=O)CCC[C@@H]3C2)C(NC(=O)c2c(N)nn3cc(F)cnc23)C1. The van der Waals surface area contributed by atoms with Gasteiger partial charge in [-0.3, -0.25) is 19.4 Å². The fourth-order valence-corrected chi connectivity index (χ4v) is 5.99. The predicted octanol–water partition coefficient (Wildman–Crippen LogP) is 1.07. The van der Waals surface area contributed by atoms with Gasteiger partial charge in [-0.2, -0.15) is 0 Å². The van der Waals surface area contributed by atoms with E-state index in [0.717, 1.165) is 49.1 Å². The molecule has 0 aliphatic carbocycles. The van der Waals surface area contributed by atoms with Crippen molar-refractivity contribution in [2.45, 2.75) is 63.3 Å². The van der Waals surface area contributed by atoms with Crippen molar-refractivity contribution in [2.75, 3.05) is 45.0 Å². The Morgan fingerprint density at radius 3 is 2.92 bits per heavy atom. The lowest BCUT2D eigenvalue weighted by atomic mass is 9.91. The third-order valence-corrected chi connectivity index (χ3v) is 7.69. The number of nitrogens with zero attached hydrogens (tertiary/aromatic N) is 6. The number of alkyl halides is 1. The normalized spacial score (nSPS) is 27.9. The van der Waals surface area contributed by atoms with E-state index in [9.17, 15) is 14.0 Å². The molecule has 0 spiro atoms. The van der Waals surface area contributed by atoms with Crippen molar-refractivity contribution in [1.29, 1.82) is 0 Å². The summed E-state index contributed by atoms with van der Waals surface area (Å²) in [6, 6.07) is -0.950. The van der Waals surface area contributed by atoms with Gasteiger partial charge in [0.15, 0.2) is 17.3 Å². The smallest absolute Gasteiger partial charge is 0.259 e. The van der Waals surface area contributed by atoms with Crippen LogP contribution in [0.1, 0.15) is 49.4 Å². The number of halogens is 2. The number of rotatable bonds is 6. The summed E-state index contributed by atoms with van der Waals surface area (Å²) >= 11 is 0. The highest BCUT2D eigenvalue weighted by Gasteiger charge is 2.45. The zero-order chi connectivity index (χ0) is 25.4. The first kappa shape index (κ1) is 24.8. The molecule has 3 aliphatic rings. The zero-order valence-electron chi connectivity index (χ0n) is 20.6. The number of nitrogens with one attached hydrogen (secondary N) is 1. The maximum atomic E-state index is 15.8. The highest BCUT2D eigenvalue weighted by molar-refractivity contribution is 6.04. The van der Waals surface area contributed by atoms with Crippen LogP contribution in [0.2, 0.25) is 0 Å². The average molecular weight is 505 g/mol. The maximum Gasteiger partial charge on any atom is 0.259 e. The van der Waals surface area contributed by atoms with E-state index in [4.69, 9.17) is 5.73 Å². The second-order valence-electron chi connectivity index (χ2n) is 10.1. The first-order chi connectivity index (χ1) is 17.4. The van der Waals surface area contributed by atoms with Crippen LogP contribution in [0.15, 0.2) is 12.4 Å². The molecule has 196 valence electrons. The molecule has 3 aliphatic heterocycles. The van der Waals surface area contributed by atoms with Gasteiger partial charge in [0.2, 0.25) is 5.91 Å². The van der Waals surface area contributed by atoms with E-state index in [1.807, 2.05) is 4.90 Å². The van der Waals surface area contributed by atoms with Gasteiger partial charge in [-0.15, -0.1) is 5.10 Å². The minimum Gasteiger partial charge on any atom is -0.381 e. The summed E-state index contributed by atoms with van der Waals surface area (Å²) in [7, 11) is 0. The zero-order valence-corrected chi connectivity index (χ0v) is 20.6. The number of likely N-dealkylation sites (tertiary alicyclic amines) is 1. The molecule has 5 rings (SSSR count). The van der Waals surface area contributed by atoms with E-state index in [1.165, 1.54) is 0 Å². The van der Waals surface area contributed by atoms with Crippen molar-refractivity contribution in [3.8, 4) is 0 Å². The molecule has 0 saturated carbocycles. The number of fused-ring (bicyclic) bond motifs is 2. The molecule has 3 fully saturated rings. The number of nitrogens with two attached hydrogens (primary N) is 1. The molecule has 2 aromatic rings. The number of anilines is 1. The van der Waals surface area contributed by atoms with Crippen LogP contribution in [0.3, 0.4) is 0 Å². The number of piperazine rings is 1. The van der Waals surface area contributed by atoms with Crippen molar-refractivity contribution < 1.29 is 18.4 Å². The van der Waals surface area contributed by atoms with Gasteiger partial charge in [0, 0.05) is 45.2 Å². The second kappa shape index (κ2) is 10.3. The standard InChI is InChI=1S/C24H34F2N8O2/c1-2-3-7-31-13-17(26)21(32-8-9-33-16(12-32)5-4-6-19(33)35)18(14-31)29-24(36)20-22(27)30-34-11-15(25)10-28-23(20)34/h10-11,16-18,21H,2-9,12-14H2,1H3,(H2,27,30)(H,29,36)/t16-,17?,18?,21?/m1/s1. The van der Waals surface area contributed by atoms with E-state index in [-0.39, 0.29) is 29.0 Å². The molecule has 2 aromatic heterocycles. The summed E-state index contributed by atoms with van der Waals surface area (Å²) in [4.78, 5) is 35.9. The Bertz CT molecular complexity index is 1130. The Morgan fingerprint density at radius 2 is 2.11 bits per heavy atom. The van der Waals surface area contributed by atoms with Gasteiger partial charge in [0.25, 0.3) is 5.91 Å². The molecule has 3 unspecified atom stereocenters.